The average molecular weight is 283 g/mol. The number of nitrogen functional groups attached to an aromatic ring is 1. The number of H-pyrrole nitrogens is 1. The molecule has 5 N–H and O–H groups in total. The first kappa shape index (κ1) is 12.1. The van der Waals surface area contributed by atoms with Crippen LogP contribution < -0.4 is 16.6 Å². The van der Waals surface area contributed by atoms with Gasteiger partial charge in [0, 0.05) is 6.04 Å². The zero-order valence-corrected chi connectivity index (χ0v) is 10.7. The molecule has 0 saturated carbocycles. The first-order valence-corrected chi connectivity index (χ1v) is 7.54. The molecule has 1 saturated heterocycles. The Hall–Kier alpha value is -1.94. The Labute approximate surface area is 108 Å². The molecule has 3 heterocycles. The van der Waals surface area contributed by atoms with Crippen molar-refractivity contribution in [3.63, 3.8) is 0 Å². The molecule has 0 bridgehead atoms. The van der Waals surface area contributed by atoms with Gasteiger partial charge >= 0.3 is 0 Å². The van der Waals surface area contributed by atoms with Gasteiger partial charge in [0.1, 0.15) is 5.82 Å². The third-order valence-electron chi connectivity index (χ3n) is 3.01. The molecule has 102 valence electrons. The van der Waals surface area contributed by atoms with Gasteiger partial charge in [0.25, 0.3) is 0 Å². The maximum absolute atomic E-state index is 11.4. The molecule has 1 aliphatic heterocycles. The molecule has 0 radical (unpaired) electrons. The highest BCUT2D eigenvalue weighted by Crippen LogP contribution is 2.23. The summed E-state index contributed by atoms with van der Waals surface area (Å²) >= 11 is 0. The second kappa shape index (κ2) is 4.31. The van der Waals surface area contributed by atoms with Crippen molar-refractivity contribution in [1.29, 1.82) is 0 Å². The van der Waals surface area contributed by atoms with Gasteiger partial charge in [-0.2, -0.15) is 15.1 Å². The number of sulfone groups is 1. The molecule has 0 spiro atoms. The van der Waals surface area contributed by atoms with Gasteiger partial charge < -0.3 is 5.32 Å². The van der Waals surface area contributed by atoms with Crippen LogP contribution in [-0.2, 0) is 9.84 Å². The van der Waals surface area contributed by atoms with E-state index in [0.29, 0.717) is 23.3 Å². The fraction of sp³-hybridized carbons (Fsp3) is 0.444. The summed E-state index contributed by atoms with van der Waals surface area (Å²) in [6.07, 6.45) is 2.15. The van der Waals surface area contributed by atoms with Crippen LogP contribution in [0.25, 0.3) is 11.0 Å². The highest BCUT2D eigenvalue weighted by molar-refractivity contribution is 7.91. The van der Waals surface area contributed by atoms with Gasteiger partial charge in [-0.25, -0.2) is 14.3 Å². The fourth-order valence-electron chi connectivity index (χ4n) is 2.11. The van der Waals surface area contributed by atoms with Crippen LogP contribution in [-0.4, -0.2) is 46.1 Å². The Morgan fingerprint density at radius 3 is 2.95 bits per heavy atom. The summed E-state index contributed by atoms with van der Waals surface area (Å²) < 4.78 is 22.9. The molecule has 9 nitrogen and oxygen atoms in total. The van der Waals surface area contributed by atoms with E-state index in [4.69, 9.17) is 5.84 Å². The third-order valence-corrected chi connectivity index (χ3v) is 4.78. The topological polar surface area (TPSA) is 139 Å². The number of hydrazine groups is 1. The van der Waals surface area contributed by atoms with Gasteiger partial charge in [-0.15, -0.1) is 0 Å². The number of hydrogen-bond donors (Lipinski definition) is 4. The van der Waals surface area contributed by atoms with Crippen molar-refractivity contribution in [2.45, 2.75) is 12.5 Å². The summed E-state index contributed by atoms with van der Waals surface area (Å²) in [6, 6.07) is -0.149. The van der Waals surface area contributed by atoms with Crippen molar-refractivity contribution in [2.75, 3.05) is 22.2 Å². The van der Waals surface area contributed by atoms with Crippen molar-refractivity contribution in [3.8, 4) is 0 Å². The van der Waals surface area contributed by atoms with Crippen molar-refractivity contribution in [3.05, 3.63) is 6.20 Å². The Morgan fingerprint density at radius 2 is 2.26 bits per heavy atom. The second-order valence-corrected chi connectivity index (χ2v) is 6.65. The average Bonchev–Trinajstić information content (AvgIpc) is 2.95. The highest BCUT2D eigenvalue weighted by Gasteiger charge is 2.28. The number of rotatable bonds is 3. The van der Waals surface area contributed by atoms with Gasteiger partial charge in [-0.05, 0) is 6.42 Å². The predicted molar refractivity (Wildman–Crippen MR) is 70.2 cm³/mol. The largest absolute Gasteiger partial charge is 0.366 e. The minimum atomic E-state index is -2.94. The van der Waals surface area contributed by atoms with E-state index >= 15 is 0 Å². The lowest BCUT2D eigenvalue weighted by Gasteiger charge is -2.12. The van der Waals surface area contributed by atoms with E-state index in [9.17, 15) is 8.42 Å². The van der Waals surface area contributed by atoms with Gasteiger partial charge in [0.05, 0.1) is 23.1 Å². The summed E-state index contributed by atoms with van der Waals surface area (Å²) in [5.41, 5.74) is 2.90. The molecule has 3 rings (SSSR count). The monoisotopic (exact) mass is 283 g/mol. The summed E-state index contributed by atoms with van der Waals surface area (Å²) in [6.45, 7) is 0. The number of nitrogens with zero attached hydrogens (tertiary/aromatic N) is 3. The van der Waals surface area contributed by atoms with E-state index < -0.39 is 9.84 Å². The first-order chi connectivity index (χ1) is 9.07. The quantitative estimate of drug-likeness (QED) is 0.426. The Morgan fingerprint density at radius 1 is 1.42 bits per heavy atom. The molecular weight excluding hydrogens is 270 g/mol. The second-order valence-electron chi connectivity index (χ2n) is 4.42. The summed E-state index contributed by atoms with van der Waals surface area (Å²) in [5, 5.41) is 10.4. The van der Waals surface area contributed by atoms with Crippen LogP contribution >= 0.6 is 0 Å². The number of hydrogen-bond acceptors (Lipinski definition) is 8. The molecule has 1 atom stereocenters. The van der Waals surface area contributed by atoms with E-state index in [1.54, 1.807) is 6.20 Å². The standard InChI is InChI=1S/C9H13N7O2S/c10-15-9-13-7(6-3-11-16-8(6)14-9)12-5-1-2-19(17,18)4-5/h3,5H,1-2,4,10H2,(H3,11,12,13,14,15,16). The van der Waals surface area contributed by atoms with Gasteiger partial charge in [-0.1, -0.05) is 0 Å². The van der Waals surface area contributed by atoms with E-state index in [0.717, 1.165) is 0 Å². The van der Waals surface area contributed by atoms with E-state index in [1.807, 2.05) is 0 Å². The molecule has 2 aromatic heterocycles. The molecular formula is C9H13N7O2S. The lowest BCUT2D eigenvalue weighted by Crippen LogP contribution is -2.22. The lowest BCUT2D eigenvalue weighted by atomic mass is 10.2. The summed E-state index contributed by atoms with van der Waals surface area (Å²) in [4.78, 5) is 8.28. The molecule has 0 aliphatic carbocycles. The minimum absolute atomic E-state index is 0.113. The zero-order chi connectivity index (χ0) is 13.5. The van der Waals surface area contributed by atoms with E-state index in [-0.39, 0.29) is 23.5 Å². The van der Waals surface area contributed by atoms with Crippen LogP contribution in [0.15, 0.2) is 6.20 Å². The molecule has 19 heavy (non-hydrogen) atoms. The van der Waals surface area contributed by atoms with Crippen LogP contribution in [0.4, 0.5) is 11.8 Å². The SMILES string of the molecule is NNc1nc(NC2CCS(=O)(=O)C2)c2cn[nH]c2n1. The van der Waals surface area contributed by atoms with Crippen molar-refractivity contribution < 1.29 is 8.42 Å². The number of aromatic nitrogens is 4. The van der Waals surface area contributed by atoms with E-state index in [1.165, 1.54) is 0 Å². The molecule has 0 aromatic carbocycles. The van der Waals surface area contributed by atoms with Crippen LogP contribution in [0, 0.1) is 0 Å². The molecule has 10 heteroatoms. The molecule has 1 fully saturated rings. The van der Waals surface area contributed by atoms with Crippen molar-refractivity contribution in [1.82, 2.24) is 20.2 Å². The van der Waals surface area contributed by atoms with Crippen LogP contribution in [0.2, 0.25) is 0 Å². The molecule has 2 aromatic rings. The van der Waals surface area contributed by atoms with Crippen LogP contribution in [0.1, 0.15) is 6.42 Å². The number of nitrogens with one attached hydrogen (secondary N) is 3. The predicted octanol–water partition coefficient (Wildman–Crippen LogP) is -0.763. The number of fused-ring (bicyclic) bond motifs is 1. The third kappa shape index (κ3) is 2.31. The molecule has 1 unspecified atom stereocenters. The lowest BCUT2D eigenvalue weighted by molar-refractivity contribution is 0.602. The summed E-state index contributed by atoms with van der Waals surface area (Å²) in [7, 11) is -2.94. The van der Waals surface area contributed by atoms with Crippen molar-refractivity contribution in [2.24, 2.45) is 5.84 Å². The van der Waals surface area contributed by atoms with Crippen molar-refractivity contribution >= 4 is 32.6 Å². The van der Waals surface area contributed by atoms with Gasteiger partial charge in [0.2, 0.25) is 5.95 Å². The number of aromatic amines is 1. The first-order valence-electron chi connectivity index (χ1n) is 5.72. The highest BCUT2D eigenvalue weighted by atomic mass is 32.2. The maximum Gasteiger partial charge on any atom is 0.241 e. The number of anilines is 2. The van der Waals surface area contributed by atoms with E-state index in [2.05, 4.69) is 30.9 Å². The zero-order valence-electron chi connectivity index (χ0n) is 9.92. The Balaban J connectivity index is 1.94. The Bertz CT molecular complexity index is 710. The van der Waals surface area contributed by atoms with Gasteiger partial charge in [0.15, 0.2) is 15.5 Å². The normalized spacial score (nSPS) is 21.6. The van der Waals surface area contributed by atoms with Crippen LogP contribution in [0.3, 0.4) is 0 Å². The summed E-state index contributed by atoms with van der Waals surface area (Å²) in [5.74, 6) is 6.37. The maximum atomic E-state index is 11.4. The van der Waals surface area contributed by atoms with Crippen LogP contribution in [0.5, 0.6) is 0 Å². The van der Waals surface area contributed by atoms with Gasteiger partial charge in [-0.3, -0.25) is 10.5 Å². The Kier molecular flexibility index (Phi) is 2.75. The number of nitrogens with two attached hydrogens (primary N) is 1. The fourth-order valence-corrected chi connectivity index (χ4v) is 3.79. The smallest absolute Gasteiger partial charge is 0.241 e. The molecule has 0 amide bonds. The minimum Gasteiger partial charge on any atom is -0.366 e. The molecule has 1 aliphatic rings.